The van der Waals surface area contributed by atoms with Crippen molar-refractivity contribution in [2.45, 2.75) is 38.0 Å². The number of esters is 1. The summed E-state index contributed by atoms with van der Waals surface area (Å²) in [5.74, 6) is -3.06. The van der Waals surface area contributed by atoms with Gasteiger partial charge in [-0.3, -0.25) is 10.1 Å². The van der Waals surface area contributed by atoms with E-state index in [0.29, 0.717) is 12.8 Å². The molecule has 1 fully saturated rings. The Kier molecular flexibility index (Phi) is 7.06. The van der Waals surface area contributed by atoms with Crippen molar-refractivity contribution in [2.24, 2.45) is 5.41 Å². The van der Waals surface area contributed by atoms with Crippen molar-refractivity contribution < 1.29 is 32.6 Å². The lowest BCUT2D eigenvalue weighted by atomic mass is 9.79. The van der Waals surface area contributed by atoms with E-state index in [1.54, 1.807) is 6.08 Å². The van der Waals surface area contributed by atoms with Crippen molar-refractivity contribution in [1.29, 1.82) is 5.26 Å². The lowest BCUT2D eigenvalue weighted by molar-refractivity contribution is -0.192. The summed E-state index contributed by atoms with van der Waals surface area (Å²) in [6.45, 7) is 5.66. The third kappa shape index (κ3) is 5.37. The number of aliphatic carboxylic acids is 1. The summed E-state index contributed by atoms with van der Waals surface area (Å²) < 4.78 is 36.4. The number of carboxylic acids is 1. The molecule has 1 aliphatic rings. The van der Waals surface area contributed by atoms with Crippen LogP contribution in [-0.4, -0.2) is 42.4 Å². The number of halogens is 3. The van der Waals surface area contributed by atoms with Crippen LogP contribution >= 0.6 is 0 Å². The summed E-state index contributed by atoms with van der Waals surface area (Å²) in [5, 5.41) is 19.1. The second-order valence-corrected chi connectivity index (χ2v) is 4.96. The molecule has 1 aliphatic heterocycles. The van der Waals surface area contributed by atoms with Gasteiger partial charge in [-0.2, -0.15) is 18.4 Å². The summed E-state index contributed by atoms with van der Waals surface area (Å²) in [4.78, 5) is 20.2. The van der Waals surface area contributed by atoms with E-state index in [9.17, 15) is 18.0 Å². The molecule has 3 atom stereocenters. The van der Waals surface area contributed by atoms with Gasteiger partial charge in [0.2, 0.25) is 0 Å². The van der Waals surface area contributed by atoms with E-state index in [1.165, 1.54) is 7.11 Å². The number of methoxy groups -OCH3 is 1. The fourth-order valence-electron chi connectivity index (χ4n) is 2.06. The molecule has 0 spiro atoms. The Morgan fingerprint density at radius 3 is 2.41 bits per heavy atom. The number of rotatable bonds is 3. The highest BCUT2D eigenvalue weighted by molar-refractivity contribution is 5.76. The zero-order valence-electron chi connectivity index (χ0n) is 12.1. The Morgan fingerprint density at radius 1 is 1.59 bits per heavy atom. The van der Waals surface area contributed by atoms with Gasteiger partial charge in [0.15, 0.2) is 0 Å². The lowest BCUT2D eigenvalue weighted by Crippen LogP contribution is -2.37. The molecule has 0 aliphatic carbocycles. The summed E-state index contributed by atoms with van der Waals surface area (Å²) in [7, 11) is 1.36. The number of ether oxygens (including phenoxy) is 1. The number of alkyl halides is 3. The zero-order chi connectivity index (χ0) is 17.6. The molecule has 22 heavy (non-hydrogen) atoms. The molecular weight excluding hydrogens is 305 g/mol. The predicted molar refractivity (Wildman–Crippen MR) is 69.6 cm³/mol. The molecule has 0 aromatic rings. The fourth-order valence-corrected chi connectivity index (χ4v) is 2.06. The maximum Gasteiger partial charge on any atom is 0.490 e. The fraction of sp³-hybridized carbons (Fsp3) is 0.615. The molecule has 0 radical (unpaired) electrons. The van der Waals surface area contributed by atoms with Gasteiger partial charge in [-0.15, -0.1) is 6.58 Å². The standard InChI is InChI=1S/C11H16N2O2.C2HF3O2/c1-4-5-11(2)6-8(10(14)15-3)13-9(11)7-12;3-2(4,5)1(6)7/h4,8-9,13H,1,5-6H2,2-3H3;(H,6,7)/t8-,9?,11+;/m0./s1. The first kappa shape index (κ1) is 19.9. The smallest absolute Gasteiger partial charge is 0.475 e. The molecule has 1 heterocycles. The van der Waals surface area contributed by atoms with Gasteiger partial charge in [0.1, 0.15) is 12.1 Å². The van der Waals surface area contributed by atoms with Crippen LogP contribution in [0.15, 0.2) is 12.7 Å². The molecule has 1 unspecified atom stereocenters. The molecule has 6 nitrogen and oxygen atoms in total. The number of nitrogens with zero attached hydrogens (tertiary/aromatic N) is 1. The number of hydrogen-bond acceptors (Lipinski definition) is 5. The van der Waals surface area contributed by atoms with Crippen LogP contribution in [0, 0.1) is 16.7 Å². The van der Waals surface area contributed by atoms with Crippen LogP contribution in [0.25, 0.3) is 0 Å². The van der Waals surface area contributed by atoms with Crippen LogP contribution in [0.3, 0.4) is 0 Å². The van der Waals surface area contributed by atoms with Crippen molar-refractivity contribution in [3.63, 3.8) is 0 Å². The van der Waals surface area contributed by atoms with Crippen LogP contribution in [0.4, 0.5) is 13.2 Å². The third-order valence-electron chi connectivity index (χ3n) is 3.20. The average Bonchev–Trinajstić information content (AvgIpc) is 2.74. The number of nitrogens with one attached hydrogen (secondary N) is 1. The quantitative estimate of drug-likeness (QED) is 0.605. The zero-order valence-corrected chi connectivity index (χ0v) is 12.1. The van der Waals surface area contributed by atoms with Crippen molar-refractivity contribution in [1.82, 2.24) is 5.32 Å². The Balaban J connectivity index is 0.000000534. The molecule has 0 aromatic heterocycles. The maximum atomic E-state index is 11.3. The van der Waals surface area contributed by atoms with Crippen LogP contribution in [0.5, 0.6) is 0 Å². The van der Waals surface area contributed by atoms with Crippen molar-refractivity contribution >= 4 is 11.9 Å². The van der Waals surface area contributed by atoms with Crippen LogP contribution < -0.4 is 5.32 Å². The molecule has 0 saturated carbocycles. The first-order valence-electron chi connectivity index (χ1n) is 6.16. The summed E-state index contributed by atoms with van der Waals surface area (Å²) >= 11 is 0. The van der Waals surface area contributed by atoms with E-state index < -0.39 is 12.1 Å². The third-order valence-corrected chi connectivity index (χ3v) is 3.20. The van der Waals surface area contributed by atoms with Gasteiger partial charge in [-0.25, -0.2) is 4.79 Å². The van der Waals surface area contributed by atoms with Crippen LogP contribution in [0.1, 0.15) is 19.8 Å². The second kappa shape index (κ2) is 7.79. The normalized spacial score (nSPS) is 27.1. The van der Waals surface area contributed by atoms with Gasteiger partial charge in [-0.05, 0) is 12.8 Å². The average molecular weight is 322 g/mol. The highest BCUT2D eigenvalue weighted by Crippen LogP contribution is 2.37. The molecule has 124 valence electrons. The van der Waals surface area contributed by atoms with Gasteiger partial charge in [0.05, 0.1) is 13.2 Å². The Hall–Kier alpha value is -2.08. The number of nitriles is 1. The van der Waals surface area contributed by atoms with Gasteiger partial charge in [0.25, 0.3) is 0 Å². The van der Waals surface area contributed by atoms with Gasteiger partial charge in [0, 0.05) is 5.41 Å². The predicted octanol–water partition coefficient (Wildman–Crippen LogP) is 1.63. The summed E-state index contributed by atoms with van der Waals surface area (Å²) in [6.07, 6.45) is -1.97. The van der Waals surface area contributed by atoms with E-state index in [1.807, 2.05) is 6.92 Å². The molecule has 0 aromatic carbocycles. The van der Waals surface area contributed by atoms with Crippen molar-refractivity contribution in [3.8, 4) is 6.07 Å². The van der Waals surface area contributed by atoms with E-state index in [4.69, 9.17) is 15.2 Å². The highest BCUT2D eigenvalue weighted by atomic mass is 19.4. The first-order chi connectivity index (χ1) is 10.0. The second-order valence-electron chi connectivity index (χ2n) is 4.96. The molecule has 1 saturated heterocycles. The van der Waals surface area contributed by atoms with E-state index in [2.05, 4.69) is 22.7 Å². The minimum atomic E-state index is -5.08. The minimum absolute atomic E-state index is 0.227. The monoisotopic (exact) mass is 322 g/mol. The first-order valence-corrected chi connectivity index (χ1v) is 6.16. The molecule has 9 heteroatoms. The van der Waals surface area contributed by atoms with Gasteiger partial charge < -0.3 is 9.84 Å². The van der Waals surface area contributed by atoms with Crippen LogP contribution in [-0.2, 0) is 14.3 Å². The van der Waals surface area contributed by atoms with E-state index in [0.717, 1.165) is 0 Å². The number of carbonyl (C=O) groups excluding carboxylic acids is 1. The van der Waals surface area contributed by atoms with E-state index in [-0.39, 0.29) is 23.5 Å². The lowest BCUT2D eigenvalue weighted by Gasteiger charge is -2.24. The number of hydrogen-bond donors (Lipinski definition) is 2. The number of allylic oxidation sites excluding steroid dienone is 1. The largest absolute Gasteiger partial charge is 0.490 e. The van der Waals surface area contributed by atoms with Gasteiger partial charge >= 0.3 is 18.1 Å². The number of carbonyl (C=O) groups is 2. The highest BCUT2D eigenvalue weighted by Gasteiger charge is 2.45. The summed E-state index contributed by atoms with van der Waals surface area (Å²) in [6, 6.07) is 1.49. The Labute approximate surface area is 125 Å². The minimum Gasteiger partial charge on any atom is -0.475 e. The van der Waals surface area contributed by atoms with Gasteiger partial charge in [-0.1, -0.05) is 13.0 Å². The van der Waals surface area contributed by atoms with E-state index >= 15 is 0 Å². The maximum absolute atomic E-state index is 11.3. The Bertz CT molecular complexity index is 473. The topological polar surface area (TPSA) is 99.4 Å². The van der Waals surface area contributed by atoms with Crippen molar-refractivity contribution in [3.05, 3.63) is 12.7 Å². The molecule has 0 amide bonds. The molecule has 2 N–H and O–H groups in total. The molecular formula is C13H17F3N2O4. The molecule has 1 rings (SSSR count). The summed E-state index contributed by atoms with van der Waals surface area (Å²) in [5.41, 5.74) is -0.227. The van der Waals surface area contributed by atoms with Crippen molar-refractivity contribution in [2.75, 3.05) is 7.11 Å². The van der Waals surface area contributed by atoms with Crippen LogP contribution in [0.2, 0.25) is 0 Å². The SMILES string of the molecule is C=CC[C@]1(C)C[C@@H](C(=O)OC)NC1C#N.O=C(O)C(F)(F)F. The Morgan fingerprint density at radius 2 is 2.09 bits per heavy atom. The number of carboxylic acid groups (broad SMARTS) is 1. The molecule has 0 bridgehead atoms.